The molecule has 1 N–H and O–H groups in total. The Hall–Kier alpha value is -2.91. The van der Waals surface area contributed by atoms with Crippen LogP contribution in [-0.4, -0.2) is 73.1 Å². The molecule has 8 nitrogen and oxygen atoms in total. The first kappa shape index (κ1) is 23.4. The van der Waals surface area contributed by atoms with Gasteiger partial charge in [0.1, 0.15) is 11.8 Å². The van der Waals surface area contributed by atoms with Crippen molar-refractivity contribution in [2.45, 2.75) is 33.4 Å². The van der Waals surface area contributed by atoms with Crippen molar-refractivity contribution in [3.8, 4) is 5.75 Å². The van der Waals surface area contributed by atoms with E-state index in [1.807, 2.05) is 13.8 Å². The van der Waals surface area contributed by atoms with E-state index in [2.05, 4.69) is 10.1 Å². The molecule has 1 atom stereocenters. The number of rotatable bonds is 7. The van der Waals surface area contributed by atoms with Crippen LogP contribution in [0.1, 0.15) is 31.1 Å². The molecule has 3 amide bonds. The molecule has 1 aliphatic rings. The second-order valence-electron chi connectivity index (χ2n) is 7.08. The number of alkyl carbamates (subject to hydrolysis) is 1. The van der Waals surface area contributed by atoms with Gasteiger partial charge in [-0.05, 0) is 25.0 Å². The highest BCUT2D eigenvalue weighted by Gasteiger charge is 2.32. The lowest BCUT2D eigenvalue weighted by Gasteiger charge is -2.37. The summed E-state index contributed by atoms with van der Waals surface area (Å²) in [7, 11) is 0. The molecule has 0 bridgehead atoms. The van der Waals surface area contributed by atoms with Crippen LogP contribution in [0.25, 0.3) is 0 Å². The van der Waals surface area contributed by atoms with Crippen LogP contribution >= 0.6 is 0 Å². The maximum absolute atomic E-state index is 12.9. The van der Waals surface area contributed by atoms with Gasteiger partial charge in [-0.25, -0.2) is 4.79 Å². The summed E-state index contributed by atoms with van der Waals surface area (Å²) in [5.74, 6) is -1.04. The molecule has 1 aliphatic heterocycles. The molecule has 0 aliphatic carbocycles. The van der Waals surface area contributed by atoms with E-state index in [1.54, 1.807) is 17.9 Å². The van der Waals surface area contributed by atoms with E-state index in [0.29, 0.717) is 0 Å². The number of nitrogens with zero attached hydrogens (tertiary/aromatic N) is 2. The summed E-state index contributed by atoms with van der Waals surface area (Å²) in [5, 5.41) is 2.58. The minimum absolute atomic E-state index is 0.0432. The standard InChI is InChI=1S/C20H27F2N3O5/c1-4-29-20(28)23-16(13(2)3)18(27)25-11-9-24(10-12-25)17(26)14-7-5-6-8-15(14)30-19(21)22/h5-8,13,16,19H,4,9-12H2,1-3H3,(H,23,28). The molecule has 10 heteroatoms. The van der Waals surface area contributed by atoms with E-state index < -0.39 is 24.7 Å². The van der Waals surface area contributed by atoms with Gasteiger partial charge in [0.05, 0.1) is 12.2 Å². The van der Waals surface area contributed by atoms with Crippen LogP contribution in [0.4, 0.5) is 13.6 Å². The highest BCUT2D eigenvalue weighted by molar-refractivity contribution is 5.97. The molecule has 0 aromatic heterocycles. The average Bonchev–Trinajstić information content (AvgIpc) is 2.71. The predicted molar refractivity (Wildman–Crippen MR) is 104 cm³/mol. The first-order valence-electron chi connectivity index (χ1n) is 9.79. The van der Waals surface area contributed by atoms with Crippen molar-refractivity contribution in [1.82, 2.24) is 15.1 Å². The second kappa shape index (κ2) is 10.7. The van der Waals surface area contributed by atoms with Crippen molar-refractivity contribution in [3.05, 3.63) is 29.8 Å². The fourth-order valence-electron chi connectivity index (χ4n) is 3.15. The normalized spacial score (nSPS) is 15.2. The number of carbonyl (C=O) groups excluding carboxylic acids is 3. The molecule has 0 spiro atoms. The molecule has 1 aromatic carbocycles. The number of halogens is 2. The fraction of sp³-hybridized carbons (Fsp3) is 0.550. The Morgan fingerprint density at radius 3 is 2.23 bits per heavy atom. The quantitative estimate of drug-likeness (QED) is 0.722. The number of hydrogen-bond acceptors (Lipinski definition) is 5. The lowest BCUT2D eigenvalue weighted by atomic mass is 10.0. The molecule has 1 aromatic rings. The third kappa shape index (κ3) is 6.04. The number of alkyl halides is 2. The van der Waals surface area contributed by atoms with Crippen LogP contribution < -0.4 is 10.1 Å². The van der Waals surface area contributed by atoms with E-state index in [4.69, 9.17) is 4.74 Å². The molecular weight excluding hydrogens is 400 g/mol. The zero-order valence-electron chi connectivity index (χ0n) is 17.3. The molecule has 1 heterocycles. The maximum atomic E-state index is 12.9. The van der Waals surface area contributed by atoms with Crippen molar-refractivity contribution >= 4 is 17.9 Å². The smallest absolute Gasteiger partial charge is 0.407 e. The predicted octanol–water partition coefficient (Wildman–Crippen LogP) is 2.34. The Labute approximate surface area is 174 Å². The molecule has 0 radical (unpaired) electrons. The van der Waals surface area contributed by atoms with E-state index >= 15 is 0 Å². The number of benzene rings is 1. The fourth-order valence-corrected chi connectivity index (χ4v) is 3.15. The molecule has 30 heavy (non-hydrogen) atoms. The minimum atomic E-state index is -3.03. The third-order valence-corrected chi connectivity index (χ3v) is 4.69. The second-order valence-corrected chi connectivity index (χ2v) is 7.08. The minimum Gasteiger partial charge on any atom is -0.450 e. The Morgan fingerprint density at radius 1 is 1.07 bits per heavy atom. The van der Waals surface area contributed by atoms with Gasteiger partial charge in [0, 0.05) is 26.2 Å². The molecular formula is C20H27F2N3O5. The van der Waals surface area contributed by atoms with Crippen LogP contribution in [0.2, 0.25) is 0 Å². The summed E-state index contributed by atoms with van der Waals surface area (Å²) >= 11 is 0. The van der Waals surface area contributed by atoms with Crippen LogP contribution in [0.5, 0.6) is 5.75 Å². The summed E-state index contributed by atoms with van der Waals surface area (Å²) in [6.45, 7) is 3.45. The third-order valence-electron chi connectivity index (χ3n) is 4.69. The number of amides is 3. The van der Waals surface area contributed by atoms with Crippen LogP contribution in [0.3, 0.4) is 0 Å². The Bertz CT molecular complexity index is 752. The largest absolute Gasteiger partial charge is 0.450 e. The van der Waals surface area contributed by atoms with Gasteiger partial charge in [-0.1, -0.05) is 26.0 Å². The number of nitrogens with one attached hydrogen (secondary N) is 1. The van der Waals surface area contributed by atoms with E-state index in [1.165, 1.54) is 23.1 Å². The van der Waals surface area contributed by atoms with E-state index in [9.17, 15) is 23.2 Å². The number of piperazine rings is 1. The highest BCUT2D eigenvalue weighted by atomic mass is 19.3. The van der Waals surface area contributed by atoms with Crippen LogP contribution in [-0.2, 0) is 9.53 Å². The van der Waals surface area contributed by atoms with Gasteiger partial charge in [-0.2, -0.15) is 8.78 Å². The van der Waals surface area contributed by atoms with Crippen molar-refractivity contribution in [3.63, 3.8) is 0 Å². The highest BCUT2D eigenvalue weighted by Crippen LogP contribution is 2.22. The van der Waals surface area contributed by atoms with Crippen molar-refractivity contribution < 1.29 is 32.6 Å². The van der Waals surface area contributed by atoms with Gasteiger partial charge in [0.2, 0.25) is 5.91 Å². The Balaban J connectivity index is 2.01. The number of carbonyl (C=O) groups is 3. The average molecular weight is 427 g/mol. The Kier molecular flexibility index (Phi) is 8.37. The summed E-state index contributed by atoms with van der Waals surface area (Å²) in [6, 6.07) is 5.07. The summed E-state index contributed by atoms with van der Waals surface area (Å²) in [4.78, 5) is 40.4. The van der Waals surface area contributed by atoms with E-state index in [-0.39, 0.29) is 55.9 Å². The molecule has 1 fully saturated rings. The molecule has 166 valence electrons. The molecule has 1 unspecified atom stereocenters. The summed E-state index contributed by atoms with van der Waals surface area (Å²) < 4.78 is 34.5. The lowest BCUT2D eigenvalue weighted by Crippen LogP contribution is -2.57. The molecule has 0 saturated carbocycles. The lowest BCUT2D eigenvalue weighted by molar-refractivity contribution is -0.136. The Morgan fingerprint density at radius 2 is 1.67 bits per heavy atom. The molecule has 2 rings (SSSR count). The van der Waals surface area contributed by atoms with Crippen molar-refractivity contribution in [2.75, 3.05) is 32.8 Å². The topological polar surface area (TPSA) is 88.2 Å². The van der Waals surface area contributed by atoms with Gasteiger partial charge >= 0.3 is 12.7 Å². The van der Waals surface area contributed by atoms with Crippen LogP contribution in [0, 0.1) is 5.92 Å². The summed E-state index contributed by atoms with van der Waals surface area (Å²) in [6.07, 6.45) is -0.658. The zero-order chi connectivity index (χ0) is 22.3. The first-order valence-corrected chi connectivity index (χ1v) is 9.79. The van der Waals surface area contributed by atoms with Crippen molar-refractivity contribution in [2.24, 2.45) is 5.92 Å². The van der Waals surface area contributed by atoms with Crippen molar-refractivity contribution in [1.29, 1.82) is 0 Å². The monoisotopic (exact) mass is 427 g/mol. The van der Waals surface area contributed by atoms with E-state index in [0.717, 1.165) is 0 Å². The molecule has 1 saturated heterocycles. The van der Waals surface area contributed by atoms with Gasteiger partial charge in [-0.3, -0.25) is 9.59 Å². The maximum Gasteiger partial charge on any atom is 0.407 e. The number of hydrogen-bond donors (Lipinski definition) is 1. The van der Waals surface area contributed by atoms with Gasteiger partial charge < -0.3 is 24.6 Å². The zero-order valence-corrected chi connectivity index (χ0v) is 17.3. The van der Waals surface area contributed by atoms with Crippen LogP contribution in [0.15, 0.2) is 24.3 Å². The van der Waals surface area contributed by atoms with Gasteiger partial charge in [0.15, 0.2) is 0 Å². The number of para-hydroxylation sites is 1. The SMILES string of the molecule is CCOC(=O)NC(C(=O)N1CCN(C(=O)c2ccccc2OC(F)F)CC1)C(C)C. The van der Waals surface area contributed by atoms with Gasteiger partial charge in [0.25, 0.3) is 5.91 Å². The number of ether oxygens (including phenoxy) is 2. The first-order chi connectivity index (χ1) is 14.2. The van der Waals surface area contributed by atoms with Gasteiger partial charge in [-0.15, -0.1) is 0 Å². The summed E-state index contributed by atoms with van der Waals surface area (Å²) in [5.41, 5.74) is 0.0432.